The molecule has 0 N–H and O–H groups in total. The van der Waals surface area contributed by atoms with E-state index >= 15 is 0 Å². The average molecular weight is 249 g/mol. The minimum atomic E-state index is -3.64. The summed E-state index contributed by atoms with van der Waals surface area (Å²) in [7, 11) is 1.58. The Morgan fingerprint density at radius 3 is 2.73 bits per heavy atom. The smallest absolute Gasteiger partial charge is 0.261 e. The minimum absolute atomic E-state index is 0.113. The Balaban J connectivity index is 2.75. The number of halogens is 1. The quantitative estimate of drug-likeness (QED) is 0.594. The summed E-state index contributed by atoms with van der Waals surface area (Å²) < 4.78 is 27.4. The molecule has 0 fully saturated rings. The van der Waals surface area contributed by atoms with Crippen molar-refractivity contribution in [1.29, 1.82) is 0 Å². The number of benzene rings is 1. The Morgan fingerprint density at radius 2 is 2.13 bits per heavy atom. The molecular formula is C10H13ClO3S. The van der Waals surface area contributed by atoms with Crippen LogP contribution in [0.25, 0.3) is 0 Å². The summed E-state index contributed by atoms with van der Waals surface area (Å²) in [5.74, 6) is 0. The van der Waals surface area contributed by atoms with Crippen LogP contribution in [0, 0.1) is 0 Å². The zero-order valence-electron chi connectivity index (χ0n) is 8.44. The van der Waals surface area contributed by atoms with Crippen LogP contribution in [-0.4, -0.2) is 15.0 Å². The maximum atomic E-state index is 11.0. The Labute approximate surface area is 94.4 Å². The Hall–Kier alpha value is -0.580. The third-order valence-corrected chi connectivity index (χ3v) is 3.15. The molecule has 1 aromatic carbocycles. The van der Waals surface area contributed by atoms with Crippen LogP contribution < -0.4 is 0 Å². The summed E-state index contributed by atoms with van der Waals surface area (Å²) >= 11 is 0. The predicted molar refractivity (Wildman–Crippen MR) is 59.4 cm³/mol. The maximum absolute atomic E-state index is 11.0. The lowest BCUT2D eigenvalue weighted by Gasteiger charge is -2.03. The molecule has 1 rings (SSSR count). The first-order valence-corrected chi connectivity index (χ1v) is 6.96. The fourth-order valence-corrected chi connectivity index (χ4v) is 1.94. The molecule has 5 heteroatoms. The van der Waals surface area contributed by atoms with Crippen LogP contribution >= 0.6 is 10.7 Å². The molecule has 0 unspecified atom stereocenters. The fourth-order valence-electron chi connectivity index (χ4n) is 1.12. The molecule has 15 heavy (non-hydrogen) atoms. The first kappa shape index (κ1) is 12.5. The van der Waals surface area contributed by atoms with Gasteiger partial charge in [-0.1, -0.05) is 19.1 Å². The lowest BCUT2D eigenvalue weighted by molar-refractivity contribution is 0.121. The second kappa shape index (κ2) is 5.49. The molecule has 0 aromatic heterocycles. The fraction of sp³-hybridized carbons (Fsp3) is 0.400. The highest BCUT2D eigenvalue weighted by Crippen LogP contribution is 2.16. The first-order valence-electron chi connectivity index (χ1n) is 4.65. The van der Waals surface area contributed by atoms with E-state index in [9.17, 15) is 8.42 Å². The van der Waals surface area contributed by atoms with Gasteiger partial charge in [-0.25, -0.2) is 8.42 Å². The normalized spacial score (nSPS) is 11.6. The third-order valence-electron chi connectivity index (χ3n) is 1.80. The van der Waals surface area contributed by atoms with Crippen molar-refractivity contribution in [1.82, 2.24) is 0 Å². The number of hydrogen-bond donors (Lipinski definition) is 0. The molecule has 1 aromatic rings. The third kappa shape index (κ3) is 4.20. The highest BCUT2D eigenvalue weighted by Gasteiger charge is 2.09. The van der Waals surface area contributed by atoms with Gasteiger partial charge < -0.3 is 4.74 Å². The molecule has 0 heterocycles. The van der Waals surface area contributed by atoms with E-state index in [1.807, 2.05) is 6.92 Å². The van der Waals surface area contributed by atoms with Crippen LogP contribution in [0.5, 0.6) is 0 Å². The Bertz CT molecular complexity index is 414. The van der Waals surface area contributed by atoms with Crippen molar-refractivity contribution in [2.75, 3.05) is 6.61 Å². The van der Waals surface area contributed by atoms with E-state index < -0.39 is 9.05 Å². The number of rotatable bonds is 5. The van der Waals surface area contributed by atoms with Crippen molar-refractivity contribution in [3.63, 3.8) is 0 Å². The van der Waals surface area contributed by atoms with E-state index in [4.69, 9.17) is 15.4 Å². The van der Waals surface area contributed by atoms with Gasteiger partial charge in [-0.05, 0) is 24.1 Å². The van der Waals surface area contributed by atoms with Gasteiger partial charge in [0.2, 0.25) is 0 Å². The van der Waals surface area contributed by atoms with Gasteiger partial charge in [0.05, 0.1) is 11.5 Å². The standard InChI is InChI=1S/C10H13ClO3S/c1-2-6-14-8-9-4-3-5-10(7-9)15(11,12)13/h3-5,7H,2,6,8H2,1H3. The van der Waals surface area contributed by atoms with E-state index in [0.717, 1.165) is 12.0 Å². The molecule has 3 nitrogen and oxygen atoms in total. The summed E-state index contributed by atoms with van der Waals surface area (Å²) in [6.07, 6.45) is 0.938. The van der Waals surface area contributed by atoms with E-state index in [1.54, 1.807) is 12.1 Å². The van der Waals surface area contributed by atoms with E-state index in [0.29, 0.717) is 13.2 Å². The molecule has 0 spiro atoms. The molecule has 84 valence electrons. The Morgan fingerprint density at radius 1 is 1.40 bits per heavy atom. The van der Waals surface area contributed by atoms with Crippen molar-refractivity contribution in [3.8, 4) is 0 Å². The van der Waals surface area contributed by atoms with Gasteiger partial charge in [0.1, 0.15) is 0 Å². The van der Waals surface area contributed by atoms with E-state index in [-0.39, 0.29) is 4.90 Å². The largest absolute Gasteiger partial charge is 0.377 e. The molecule has 0 aliphatic rings. The highest BCUT2D eigenvalue weighted by molar-refractivity contribution is 8.13. The van der Waals surface area contributed by atoms with Crippen LogP contribution in [0.1, 0.15) is 18.9 Å². The van der Waals surface area contributed by atoms with Gasteiger partial charge >= 0.3 is 0 Å². The summed E-state index contributed by atoms with van der Waals surface area (Å²) in [4.78, 5) is 0.113. The maximum Gasteiger partial charge on any atom is 0.261 e. The van der Waals surface area contributed by atoms with Crippen molar-refractivity contribution >= 4 is 19.7 Å². The summed E-state index contributed by atoms with van der Waals surface area (Å²) in [6, 6.07) is 6.45. The Kier molecular flexibility index (Phi) is 4.57. The van der Waals surface area contributed by atoms with Gasteiger partial charge in [-0.3, -0.25) is 0 Å². The predicted octanol–water partition coefficient (Wildman–Crippen LogP) is 2.54. The van der Waals surface area contributed by atoms with Crippen LogP contribution in [0.3, 0.4) is 0 Å². The monoisotopic (exact) mass is 248 g/mol. The number of ether oxygens (including phenoxy) is 1. The molecule has 0 aliphatic carbocycles. The zero-order valence-corrected chi connectivity index (χ0v) is 10.0. The molecule has 0 aliphatic heterocycles. The molecular weight excluding hydrogens is 236 g/mol. The van der Waals surface area contributed by atoms with Crippen LogP contribution in [-0.2, 0) is 20.4 Å². The van der Waals surface area contributed by atoms with Crippen LogP contribution in [0.4, 0.5) is 0 Å². The SMILES string of the molecule is CCCOCc1cccc(S(=O)(=O)Cl)c1. The van der Waals surface area contributed by atoms with Crippen molar-refractivity contribution in [2.45, 2.75) is 24.8 Å². The van der Waals surface area contributed by atoms with Crippen molar-refractivity contribution in [3.05, 3.63) is 29.8 Å². The summed E-state index contributed by atoms with van der Waals surface area (Å²) in [5.41, 5.74) is 0.810. The molecule has 0 amide bonds. The molecule has 0 bridgehead atoms. The van der Waals surface area contributed by atoms with E-state index in [2.05, 4.69) is 0 Å². The van der Waals surface area contributed by atoms with Gasteiger partial charge in [-0.2, -0.15) is 0 Å². The first-order chi connectivity index (χ1) is 7.04. The topological polar surface area (TPSA) is 43.4 Å². The second-order valence-electron chi connectivity index (χ2n) is 3.14. The summed E-state index contributed by atoms with van der Waals surface area (Å²) in [6.45, 7) is 3.09. The van der Waals surface area contributed by atoms with Gasteiger partial charge in [0.15, 0.2) is 0 Å². The number of hydrogen-bond acceptors (Lipinski definition) is 3. The van der Waals surface area contributed by atoms with Gasteiger partial charge in [0, 0.05) is 17.3 Å². The van der Waals surface area contributed by atoms with E-state index in [1.165, 1.54) is 12.1 Å². The lowest BCUT2D eigenvalue weighted by Crippen LogP contribution is -1.96. The molecule has 0 atom stereocenters. The highest BCUT2D eigenvalue weighted by atomic mass is 35.7. The zero-order chi connectivity index (χ0) is 11.3. The average Bonchev–Trinajstić information content (AvgIpc) is 2.17. The van der Waals surface area contributed by atoms with Gasteiger partial charge in [0.25, 0.3) is 9.05 Å². The van der Waals surface area contributed by atoms with Crippen molar-refractivity contribution < 1.29 is 13.2 Å². The van der Waals surface area contributed by atoms with Crippen LogP contribution in [0.15, 0.2) is 29.2 Å². The van der Waals surface area contributed by atoms with Gasteiger partial charge in [-0.15, -0.1) is 0 Å². The van der Waals surface area contributed by atoms with Crippen molar-refractivity contribution in [2.24, 2.45) is 0 Å². The lowest BCUT2D eigenvalue weighted by atomic mass is 10.2. The molecule has 0 radical (unpaired) electrons. The van der Waals surface area contributed by atoms with Crippen LogP contribution in [0.2, 0.25) is 0 Å². The minimum Gasteiger partial charge on any atom is -0.377 e. The summed E-state index contributed by atoms with van der Waals surface area (Å²) in [5, 5.41) is 0. The second-order valence-corrected chi connectivity index (χ2v) is 5.70. The molecule has 0 saturated heterocycles. The molecule has 0 saturated carbocycles.